The molecular formula is C19H25ClN2O. The summed E-state index contributed by atoms with van der Waals surface area (Å²) in [4.78, 5) is 12.3. The monoisotopic (exact) mass is 332 g/mol. The molecule has 2 N–H and O–H groups in total. The smallest absolute Gasteiger partial charge is 0.255 e. The number of hydrogen-bond acceptors (Lipinski definition) is 2. The predicted molar refractivity (Wildman–Crippen MR) is 99.5 cm³/mol. The summed E-state index contributed by atoms with van der Waals surface area (Å²) < 4.78 is 0. The minimum absolute atomic E-state index is 0. The van der Waals surface area contributed by atoms with Crippen molar-refractivity contribution in [2.24, 2.45) is 0 Å². The summed E-state index contributed by atoms with van der Waals surface area (Å²) >= 11 is 0. The van der Waals surface area contributed by atoms with Crippen LogP contribution in [0, 0.1) is 0 Å². The van der Waals surface area contributed by atoms with Gasteiger partial charge in [0.1, 0.15) is 0 Å². The van der Waals surface area contributed by atoms with Gasteiger partial charge in [0.25, 0.3) is 5.91 Å². The molecule has 4 heteroatoms. The van der Waals surface area contributed by atoms with E-state index < -0.39 is 0 Å². The van der Waals surface area contributed by atoms with E-state index in [1.165, 1.54) is 5.56 Å². The van der Waals surface area contributed by atoms with Crippen LogP contribution in [0.2, 0.25) is 0 Å². The first-order valence-electron chi connectivity index (χ1n) is 7.55. The second kappa shape index (κ2) is 8.14. The number of benzene rings is 2. The maximum absolute atomic E-state index is 12.3. The summed E-state index contributed by atoms with van der Waals surface area (Å²) in [5.41, 5.74) is 3.95. The quantitative estimate of drug-likeness (QED) is 0.872. The lowest BCUT2D eigenvalue weighted by Gasteiger charge is -2.19. The Morgan fingerprint density at radius 1 is 1.04 bits per heavy atom. The van der Waals surface area contributed by atoms with Crippen LogP contribution in [0.5, 0.6) is 0 Å². The summed E-state index contributed by atoms with van der Waals surface area (Å²) in [5, 5.41) is 6.05. The fourth-order valence-electron chi connectivity index (χ4n) is 2.29. The minimum atomic E-state index is -0.0814. The van der Waals surface area contributed by atoms with Gasteiger partial charge in [-0.1, -0.05) is 45.0 Å². The maximum Gasteiger partial charge on any atom is 0.255 e. The Bertz CT molecular complexity index is 645. The zero-order valence-corrected chi connectivity index (χ0v) is 15.0. The van der Waals surface area contributed by atoms with E-state index in [4.69, 9.17) is 0 Å². The minimum Gasteiger partial charge on any atom is -0.322 e. The van der Waals surface area contributed by atoms with Gasteiger partial charge >= 0.3 is 0 Å². The third-order valence-corrected chi connectivity index (χ3v) is 3.58. The Hall–Kier alpha value is -1.84. The summed E-state index contributed by atoms with van der Waals surface area (Å²) in [5.74, 6) is -0.0814. The van der Waals surface area contributed by atoms with Gasteiger partial charge in [0.2, 0.25) is 0 Å². The lowest BCUT2D eigenvalue weighted by Crippen LogP contribution is -2.14. The van der Waals surface area contributed by atoms with Gasteiger partial charge in [0.05, 0.1) is 0 Å². The van der Waals surface area contributed by atoms with E-state index in [-0.39, 0.29) is 23.7 Å². The van der Waals surface area contributed by atoms with Gasteiger partial charge in [0, 0.05) is 17.8 Å². The molecule has 2 aromatic carbocycles. The second-order valence-electron chi connectivity index (χ2n) is 6.51. The van der Waals surface area contributed by atoms with E-state index in [0.29, 0.717) is 5.56 Å². The Balaban J connectivity index is 0.00000264. The molecule has 2 rings (SSSR count). The number of anilines is 1. The third kappa shape index (κ3) is 5.38. The molecule has 0 saturated heterocycles. The lowest BCUT2D eigenvalue weighted by molar-refractivity contribution is 0.102. The van der Waals surface area contributed by atoms with Crippen molar-refractivity contribution in [2.45, 2.75) is 32.7 Å². The maximum atomic E-state index is 12.3. The van der Waals surface area contributed by atoms with Crippen LogP contribution < -0.4 is 10.6 Å². The van der Waals surface area contributed by atoms with Crippen molar-refractivity contribution in [3.05, 3.63) is 65.2 Å². The molecule has 0 unspecified atom stereocenters. The van der Waals surface area contributed by atoms with Crippen molar-refractivity contribution in [1.29, 1.82) is 0 Å². The molecule has 0 radical (unpaired) electrons. The summed E-state index contributed by atoms with van der Waals surface area (Å²) in [6, 6.07) is 15.7. The third-order valence-electron chi connectivity index (χ3n) is 3.58. The van der Waals surface area contributed by atoms with Crippen LogP contribution in [-0.2, 0) is 12.0 Å². The molecule has 124 valence electrons. The van der Waals surface area contributed by atoms with E-state index in [2.05, 4.69) is 31.4 Å². The highest BCUT2D eigenvalue weighted by molar-refractivity contribution is 6.04. The van der Waals surface area contributed by atoms with Crippen LogP contribution in [-0.4, -0.2) is 13.0 Å². The Morgan fingerprint density at radius 2 is 1.70 bits per heavy atom. The molecule has 0 aromatic heterocycles. The average Bonchev–Trinajstić information content (AvgIpc) is 2.47. The highest BCUT2D eigenvalue weighted by atomic mass is 35.5. The lowest BCUT2D eigenvalue weighted by atomic mass is 9.87. The molecule has 0 aliphatic heterocycles. The molecule has 2 aromatic rings. The van der Waals surface area contributed by atoms with Crippen molar-refractivity contribution in [3.8, 4) is 0 Å². The van der Waals surface area contributed by atoms with Crippen LogP contribution >= 0.6 is 12.4 Å². The molecule has 3 nitrogen and oxygen atoms in total. The van der Waals surface area contributed by atoms with Crippen molar-refractivity contribution >= 4 is 24.0 Å². The van der Waals surface area contributed by atoms with Crippen molar-refractivity contribution < 1.29 is 4.79 Å². The van der Waals surface area contributed by atoms with Crippen LogP contribution in [0.15, 0.2) is 48.5 Å². The Kier molecular flexibility index (Phi) is 6.79. The molecule has 0 spiro atoms. The van der Waals surface area contributed by atoms with Crippen LogP contribution in [0.1, 0.15) is 42.3 Å². The topological polar surface area (TPSA) is 41.1 Å². The highest BCUT2D eigenvalue weighted by Crippen LogP contribution is 2.22. The molecule has 0 atom stereocenters. The standard InChI is InChI=1S/C19H24N2O.ClH/c1-19(2,3)16-10-8-15(9-11-16)18(22)21-17-7-5-6-14(12-17)13-20-4;/h5-12,20H,13H2,1-4H3,(H,21,22);1H. The van der Waals surface area contributed by atoms with Gasteiger partial charge in [-0.3, -0.25) is 4.79 Å². The van der Waals surface area contributed by atoms with Crippen molar-refractivity contribution in [1.82, 2.24) is 5.32 Å². The fraction of sp³-hybridized carbons (Fsp3) is 0.316. The van der Waals surface area contributed by atoms with E-state index >= 15 is 0 Å². The highest BCUT2D eigenvalue weighted by Gasteiger charge is 2.14. The van der Waals surface area contributed by atoms with E-state index in [0.717, 1.165) is 17.8 Å². The van der Waals surface area contributed by atoms with Gasteiger partial charge in [-0.05, 0) is 47.9 Å². The first kappa shape index (κ1) is 19.2. The van der Waals surface area contributed by atoms with Crippen molar-refractivity contribution in [3.63, 3.8) is 0 Å². The molecule has 23 heavy (non-hydrogen) atoms. The number of carbonyl (C=O) groups is 1. The molecule has 0 heterocycles. The molecule has 0 aliphatic carbocycles. The first-order chi connectivity index (χ1) is 10.4. The molecule has 0 fully saturated rings. The number of rotatable bonds is 4. The van der Waals surface area contributed by atoms with E-state index in [1.807, 2.05) is 55.6 Å². The van der Waals surface area contributed by atoms with Gasteiger partial charge < -0.3 is 10.6 Å². The number of halogens is 1. The zero-order valence-electron chi connectivity index (χ0n) is 14.1. The number of nitrogens with one attached hydrogen (secondary N) is 2. The molecule has 0 bridgehead atoms. The number of carbonyl (C=O) groups excluding carboxylic acids is 1. The van der Waals surface area contributed by atoms with E-state index in [1.54, 1.807) is 0 Å². The van der Waals surface area contributed by atoms with Gasteiger partial charge in [-0.25, -0.2) is 0 Å². The van der Waals surface area contributed by atoms with Gasteiger partial charge in [-0.15, -0.1) is 12.4 Å². The van der Waals surface area contributed by atoms with Gasteiger partial charge in [0.15, 0.2) is 0 Å². The van der Waals surface area contributed by atoms with Crippen LogP contribution in [0.4, 0.5) is 5.69 Å². The zero-order chi connectivity index (χ0) is 16.2. The van der Waals surface area contributed by atoms with Crippen LogP contribution in [0.25, 0.3) is 0 Å². The molecule has 0 saturated carbocycles. The number of amides is 1. The predicted octanol–water partition coefficient (Wildman–Crippen LogP) is 4.38. The Labute approximate surface area is 144 Å². The summed E-state index contributed by atoms with van der Waals surface area (Å²) in [6.07, 6.45) is 0. The second-order valence-corrected chi connectivity index (χ2v) is 6.51. The molecule has 0 aliphatic rings. The Morgan fingerprint density at radius 3 is 2.26 bits per heavy atom. The average molecular weight is 333 g/mol. The summed E-state index contributed by atoms with van der Waals surface area (Å²) in [6.45, 7) is 7.27. The SMILES string of the molecule is CNCc1cccc(NC(=O)c2ccc(C(C)(C)C)cc2)c1.Cl. The van der Waals surface area contributed by atoms with Gasteiger partial charge in [-0.2, -0.15) is 0 Å². The summed E-state index contributed by atoms with van der Waals surface area (Å²) in [7, 11) is 1.90. The molecule has 1 amide bonds. The van der Waals surface area contributed by atoms with E-state index in [9.17, 15) is 4.79 Å². The van der Waals surface area contributed by atoms with Crippen LogP contribution in [0.3, 0.4) is 0 Å². The molecular weight excluding hydrogens is 308 g/mol. The number of hydrogen-bond donors (Lipinski definition) is 2. The normalized spacial score (nSPS) is 10.8. The first-order valence-corrected chi connectivity index (χ1v) is 7.55. The van der Waals surface area contributed by atoms with Crippen molar-refractivity contribution in [2.75, 3.05) is 12.4 Å². The largest absolute Gasteiger partial charge is 0.322 e. The fourth-order valence-corrected chi connectivity index (χ4v) is 2.29.